The fourth-order valence-electron chi connectivity index (χ4n) is 2.01. The van der Waals surface area contributed by atoms with Crippen molar-refractivity contribution in [3.05, 3.63) is 0 Å². The first-order valence-electron chi connectivity index (χ1n) is 3.84. The van der Waals surface area contributed by atoms with Crippen molar-refractivity contribution in [3.8, 4) is 0 Å². The number of hydrogen-bond donors (Lipinski definition) is 1. The van der Waals surface area contributed by atoms with Crippen LogP contribution in [0.5, 0.6) is 0 Å². The molecule has 0 spiro atoms. The minimum atomic E-state index is 0. The van der Waals surface area contributed by atoms with Gasteiger partial charge in [0, 0.05) is 12.6 Å². The van der Waals surface area contributed by atoms with Crippen molar-refractivity contribution in [2.24, 2.45) is 11.7 Å². The molecule has 3 aliphatic heterocycles. The number of nitrogens with zero attached hydrogens (tertiary/aromatic N) is 1. The Morgan fingerprint density at radius 3 is 2.00 bits per heavy atom. The van der Waals surface area contributed by atoms with Gasteiger partial charge in [-0.15, -0.1) is 12.4 Å². The lowest BCUT2D eigenvalue weighted by atomic mass is 9.85. The van der Waals surface area contributed by atoms with Gasteiger partial charge in [0.25, 0.3) is 0 Å². The van der Waals surface area contributed by atoms with Gasteiger partial charge in [0.15, 0.2) is 0 Å². The van der Waals surface area contributed by atoms with Gasteiger partial charge in [-0.05, 0) is 31.8 Å². The first-order valence-corrected chi connectivity index (χ1v) is 3.84. The first kappa shape index (κ1) is 8.31. The Kier molecular flexibility index (Phi) is 2.55. The van der Waals surface area contributed by atoms with E-state index in [9.17, 15) is 0 Å². The van der Waals surface area contributed by atoms with E-state index in [1.807, 2.05) is 0 Å². The lowest BCUT2D eigenvalue weighted by molar-refractivity contribution is 0.0896. The standard InChI is InChI=1S/C7H14N2.ClH/c8-7-5-9-3-1-6(7)2-4-9;/h6-7H,1-5,8H2;1H/t7-;/m1./s1. The third-order valence-corrected chi connectivity index (χ3v) is 2.71. The third kappa shape index (κ3) is 1.29. The highest BCUT2D eigenvalue weighted by Gasteiger charge is 2.31. The zero-order chi connectivity index (χ0) is 6.27. The van der Waals surface area contributed by atoms with Gasteiger partial charge in [-0.25, -0.2) is 0 Å². The maximum atomic E-state index is 5.88. The second kappa shape index (κ2) is 3.07. The Balaban J connectivity index is 0.000000500. The van der Waals surface area contributed by atoms with E-state index in [1.165, 1.54) is 25.9 Å². The van der Waals surface area contributed by atoms with Crippen LogP contribution in [0.3, 0.4) is 0 Å². The van der Waals surface area contributed by atoms with Gasteiger partial charge >= 0.3 is 0 Å². The predicted molar refractivity (Wildman–Crippen MR) is 44.4 cm³/mol. The SMILES string of the molecule is Cl.N[C@@H]1CN2CCC1CC2. The summed E-state index contributed by atoms with van der Waals surface area (Å²) in [6.07, 6.45) is 2.70. The van der Waals surface area contributed by atoms with Gasteiger partial charge in [0.2, 0.25) is 0 Å². The summed E-state index contributed by atoms with van der Waals surface area (Å²) in [5.41, 5.74) is 5.88. The largest absolute Gasteiger partial charge is 0.326 e. The van der Waals surface area contributed by atoms with E-state index < -0.39 is 0 Å². The normalized spacial score (nSPS) is 44.7. The second-order valence-electron chi connectivity index (χ2n) is 3.30. The highest BCUT2D eigenvalue weighted by molar-refractivity contribution is 5.85. The van der Waals surface area contributed by atoms with Crippen LogP contribution in [0.15, 0.2) is 0 Å². The molecule has 0 aromatic rings. The van der Waals surface area contributed by atoms with E-state index in [-0.39, 0.29) is 12.4 Å². The maximum Gasteiger partial charge on any atom is 0.0197 e. The highest BCUT2D eigenvalue weighted by Crippen LogP contribution is 2.25. The molecule has 10 heavy (non-hydrogen) atoms. The molecule has 3 heteroatoms. The molecule has 60 valence electrons. The summed E-state index contributed by atoms with van der Waals surface area (Å²) >= 11 is 0. The minimum Gasteiger partial charge on any atom is -0.326 e. The van der Waals surface area contributed by atoms with Crippen molar-refractivity contribution in [2.75, 3.05) is 19.6 Å². The van der Waals surface area contributed by atoms with Gasteiger partial charge < -0.3 is 10.6 Å². The Labute approximate surface area is 68.2 Å². The van der Waals surface area contributed by atoms with Crippen LogP contribution >= 0.6 is 12.4 Å². The molecule has 3 fully saturated rings. The third-order valence-electron chi connectivity index (χ3n) is 2.71. The predicted octanol–water partition coefficient (Wildman–Crippen LogP) is 0.461. The molecule has 1 atom stereocenters. The molecular formula is C7H15ClN2. The number of halogens is 1. The topological polar surface area (TPSA) is 29.3 Å². The Morgan fingerprint density at radius 1 is 1.20 bits per heavy atom. The van der Waals surface area contributed by atoms with Crippen molar-refractivity contribution in [2.45, 2.75) is 18.9 Å². The van der Waals surface area contributed by atoms with Crippen LogP contribution in [-0.2, 0) is 0 Å². The lowest BCUT2D eigenvalue weighted by Gasteiger charge is -2.43. The lowest BCUT2D eigenvalue weighted by Crippen LogP contribution is -2.54. The van der Waals surface area contributed by atoms with Gasteiger partial charge in [-0.2, -0.15) is 0 Å². The van der Waals surface area contributed by atoms with Crippen molar-refractivity contribution in [3.63, 3.8) is 0 Å². The average Bonchev–Trinajstić information content (AvgIpc) is 1.90. The van der Waals surface area contributed by atoms with E-state index in [2.05, 4.69) is 4.90 Å². The van der Waals surface area contributed by atoms with Gasteiger partial charge in [-0.1, -0.05) is 0 Å². The molecule has 2 bridgehead atoms. The zero-order valence-corrected chi connectivity index (χ0v) is 6.94. The zero-order valence-electron chi connectivity index (χ0n) is 6.12. The minimum absolute atomic E-state index is 0. The van der Waals surface area contributed by atoms with Crippen molar-refractivity contribution in [1.82, 2.24) is 4.90 Å². The smallest absolute Gasteiger partial charge is 0.0197 e. The molecule has 3 heterocycles. The van der Waals surface area contributed by atoms with E-state index in [0.717, 1.165) is 12.5 Å². The number of piperidine rings is 3. The Hall–Kier alpha value is 0.210. The summed E-state index contributed by atoms with van der Waals surface area (Å²) in [5.74, 6) is 0.856. The summed E-state index contributed by atoms with van der Waals surface area (Å²) < 4.78 is 0. The van der Waals surface area contributed by atoms with Crippen LogP contribution in [0.25, 0.3) is 0 Å². The monoisotopic (exact) mass is 162 g/mol. The molecule has 2 N–H and O–H groups in total. The molecule has 0 aromatic carbocycles. The Bertz CT molecular complexity index is 110. The van der Waals surface area contributed by atoms with Crippen molar-refractivity contribution in [1.29, 1.82) is 0 Å². The number of rotatable bonds is 0. The van der Waals surface area contributed by atoms with Crippen LogP contribution < -0.4 is 5.73 Å². The molecule has 3 rings (SSSR count). The van der Waals surface area contributed by atoms with Gasteiger partial charge in [-0.3, -0.25) is 0 Å². The molecule has 0 aliphatic carbocycles. The van der Waals surface area contributed by atoms with Crippen LogP contribution in [0.4, 0.5) is 0 Å². The number of nitrogens with two attached hydrogens (primary N) is 1. The molecule has 2 nitrogen and oxygen atoms in total. The quantitative estimate of drug-likeness (QED) is 0.561. The average molecular weight is 163 g/mol. The first-order chi connectivity index (χ1) is 4.36. The van der Waals surface area contributed by atoms with E-state index >= 15 is 0 Å². The second-order valence-corrected chi connectivity index (χ2v) is 3.30. The summed E-state index contributed by atoms with van der Waals surface area (Å²) in [6.45, 7) is 3.77. The van der Waals surface area contributed by atoms with Crippen molar-refractivity contribution < 1.29 is 0 Å². The van der Waals surface area contributed by atoms with Gasteiger partial charge in [0.1, 0.15) is 0 Å². The molecule has 0 aromatic heterocycles. The molecule has 0 amide bonds. The summed E-state index contributed by atoms with van der Waals surface area (Å²) in [6, 6.07) is 0.493. The van der Waals surface area contributed by atoms with Crippen LogP contribution in [0.2, 0.25) is 0 Å². The number of fused-ring (bicyclic) bond motifs is 3. The van der Waals surface area contributed by atoms with Crippen LogP contribution in [0.1, 0.15) is 12.8 Å². The summed E-state index contributed by atoms with van der Waals surface area (Å²) in [5, 5.41) is 0. The van der Waals surface area contributed by atoms with Crippen molar-refractivity contribution >= 4 is 12.4 Å². The fourth-order valence-corrected chi connectivity index (χ4v) is 2.01. The van der Waals surface area contributed by atoms with E-state index in [0.29, 0.717) is 6.04 Å². The highest BCUT2D eigenvalue weighted by atomic mass is 35.5. The summed E-state index contributed by atoms with van der Waals surface area (Å²) in [4.78, 5) is 2.48. The van der Waals surface area contributed by atoms with E-state index in [1.54, 1.807) is 0 Å². The fraction of sp³-hybridized carbons (Fsp3) is 1.00. The van der Waals surface area contributed by atoms with Crippen LogP contribution in [-0.4, -0.2) is 30.6 Å². The van der Waals surface area contributed by atoms with Crippen LogP contribution in [0, 0.1) is 5.92 Å². The molecule has 3 aliphatic rings. The number of hydrogen-bond acceptors (Lipinski definition) is 2. The van der Waals surface area contributed by atoms with E-state index in [4.69, 9.17) is 5.73 Å². The van der Waals surface area contributed by atoms with Gasteiger partial charge in [0.05, 0.1) is 0 Å². The molecule has 3 saturated heterocycles. The molecule has 0 saturated carbocycles. The molecule has 0 unspecified atom stereocenters. The summed E-state index contributed by atoms with van der Waals surface area (Å²) in [7, 11) is 0. The Morgan fingerprint density at radius 2 is 1.80 bits per heavy atom. The maximum absolute atomic E-state index is 5.88. The molecule has 0 radical (unpaired) electrons. The molecular weight excluding hydrogens is 148 g/mol.